The predicted octanol–water partition coefficient (Wildman–Crippen LogP) is 1.24. The highest BCUT2D eigenvalue weighted by molar-refractivity contribution is 7.13. The summed E-state index contributed by atoms with van der Waals surface area (Å²) in [4.78, 5) is 11.3. The van der Waals surface area contributed by atoms with Gasteiger partial charge >= 0.3 is 5.69 Å². The Bertz CT molecular complexity index is 422. The Labute approximate surface area is 76.6 Å². The molecule has 66 valence electrons. The first-order chi connectivity index (χ1) is 6.29. The minimum absolute atomic E-state index is 0.0289. The van der Waals surface area contributed by atoms with Crippen LogP contribution in [0.4, 0.5) is 5.69 Å². The van der Waals surface area contributed by atoms with Gasteiger partial charge in [-0.05, 0) is 0 Å². The molecular weight excluding hydrogens is 192 g/mol. The van der Waals surface area contributed by atoms with E-state index in [2.05, 4.69) is 10.2 Å². The van der Waals surface area contributed by atoms with E-state index in [1.807, 2.05) is 0 Å². The lowest BCUT2D eigenvalue weighted by molar-refractivity contribution is -0.384. The molecule has 0 aliphatic carbocycles. The molecule has 2 aromatic heterocycles. The number of nitrogens with zero attached hydrogens (tertiary/aromatic N) is 4. The first kappa shape index (κ1) is 7.87. The summed E-state index contributed by atoms with van der Waals surface area (Å²) < 4.78 is 0. The zero-order valence-electron chi connectivity index (χ0n) is 6.32. The Balaban J connectivity index is 2.52. The molecule has 0 saturated carbocycles. The van der Waals surface area contributed by atoms with E-state index in [0.717, 1.165) is 0 Å². The maximum absolute atomic E-state index is 10.5. The summed E-state index contributed by atoms with van der Waals surface area (Å²) in [5.41, 5.74) is 0.0289. The van der Waals surface area contributed by atoms with Gasteiger partial charge in [0.1, 0.15) is 0 Å². The first-order valence-electron chi connectivity index (χ1n) is 3.37. The lowest BCUT2D eigenvalue weighted by Crippen LogP contribution is -1.99. The first-order valence-corrected chi connectivity index (χ1v) is 4.25. The minimum Gasteiger partial charge on any atom is -0.258 e. The van der Waals surface area contributed by atoms with Gasteiger partial charge < -0.3 is 0 Å². The third-order valence-electron chi connectivity index (χ3n) is 1.42. The van der Waals surface area contributed by atoms with Crippen molar-refractivity contribution in [1.82, 2.24) is 15.0 Å². The molecule has 0 aliphatic rings. The molecule has 0 atom stereocenters. The molecule has 0 N–H and O–H groups in total. The monoisotopic (exact) mass is 196 g/mol. The highest BCUT2D eigenvalue weighted by atomic mass is 32.1. The second kappa shape index (κ2) is 2.94. The second-order valence-corrected chi connectivity index (χ2v) is 3.08. The summed E-state index contributed by atoms with van der Waals surface area (Å²) in [6, 6.07) is 1.43. The summed E-state index contributed by atoms with van der Waals surface area (Å²) in [6.45, 7) is 0. The normalized spacial score (nSPS) is 10.2. The van der Waals surface area contributed by atoms with Gasteiger partial charge in [0.25, 0.3) is 0 Å². The molecule has 2 aromatic rings. The fourth-order valence-electron chi connectivity index (χ4n) is 0.904. The average Bonchev–Trinajstić information content (AvgIpc) is 2.74. The molecule has 0 amide bonds. The molecule has 0 fully saturated rings. The van der Waals surface area contributed by atoms with Crippen molar-refractivity contribution in [2.24, 2.45) is 0 Å². The van der Waals surface area contributed by atoms with Gasteiger partial charge in [0.15, 0.2) is 0 Å². The Morgan fingerprint density at radius 3 is 2.77 bits per heavy atom. The summed E-state index contributed by atoms with van der Waals surface area (Å²) >= 11 is 1.23. The van der Waals surface area contributed by atoms with Crippen LogP contribution in [0.3, 0.4) is 0 Å². The summed E-state index contributed by atoms with van der Waals surface area (Å²) in [7, 11) is 0. The number of aromatic nitrogens is 3. The van der Waals surface area contributed by atoms with Crippen LogP contribution in [-0.4, -0.2) is 19.9 Å². The highest BCUT2D eigenvalue weighted by Crippen LogP contribution is 2.26. The van der Waals surface area contributed by atoms with Crippen LogP contribution in [0.25, 0.3) is 5.00 Å². The SMILES string of the molecule is O=[N+]([O-])c1ccsc1-n1nccn1. The number of nitro groups is 1. The van der Waals surface area contributed by atoms with E-state index in [1.165, 1.54) is 34.6 Å². The number of rotatable bonds is 2. The van der Waals surface area contributed by atoms with Gasteiger partial charge in [-0.15, -0.1) is 16.1 Å². The molecule has 0 bridgehead atoms. The molecule has 0 saturated heterocycles. The minimum atomic E-state index is -0.449. The molecule has 0 aromatic carbocycles. The molecule has 2 rings (SSSR count). The van der Waals surface area contributed by atoms with Crippen molar-refractivity contribution < 1.29 is 4.92 Å². The molecule has 7 heteroatoms. The van der Waals surface area contributed by atoms with Gasteiger partial charge in [0.2, 0.25) is 5.00 Å². The zero-order valence-corrected chi connectivity index (χ0v) is 7.14. The average molecular weight is 196 g/mol. The van der Waals surface area contributed by atoms with Crippen molar-refractivity contribution in [2.75, 3.05) is 0 Å². The molecule has 0 spiro atoms. The Morgan fingerprint density at radius 2 is 2.15 bits per heavy atom. The van der Waals surface area contributed by atoms with Crippen LogP contribution in [0.2, 0.25) is 0 Å². The van der Waals surface area contributed by atoms with Crippen molar-refractivity contribution in [2.45, 2.75) is 0 Å². The summed E-state index contributed by atoms with van der Waals surface area (Å²) in [5.74, 6) is 0. The van der Waals surface area contributed by atoms with Crippen LogP contribution in [0.15, 0.2) is 23.8 Å². The predicted molar refractivity (Wildman–Crippen MR) is 45.9 cm³/mol. The van der Waals surface area contributed by atoms with Gasteiger partial charge in [0.05, 0.1) is 17.3 Å². The van der Waals surface area contributed by atoms with Crippen LogP contribution in [0.1, 0.15) is 0 Å². The molecular formula is C6H4N4O2S. The molecule has 2 heterocycles. The van der Waals surface area contributed by atoms with Crippen LogP contribution in [0.5, 0.6) is 0 Å². The molecule has 0 unspecified atom stereocenters. The standard InChI is InChI=1S/C6H4N4O2S/c11-10(12)5-1-4-13-6(5)9-7-2-3-8-9/h1-4H. The number of hydrogen-bond acceptors (Lipinski definition) is 5. The smallest absolute Gasteiger partial charge is 0.258 e. The van der Waals surface area contributed by atoms with Crippen LogP contribution in [0, 0.1) is 10.1 Å². The molecule has 0 radical (unpaired) electrons. The molecule has 0 aliphatic heterocycles. The molecule has 6 nitrogen and oxygen atoms in total. The van der Waals surface area contributed by atoms with Gasteiger partial charge in [-0.1, -0.05) is 0 Å². The van der Waals surface area contributed by atoms with E-state index in [1.54, 1.807) is 5.38 Å². The fourth-order valence-corrected chi connectivity index (χ4v) is 1.68. The highest BCUT2D eigenvalue weighted by Gasteiger charge is 2.17. The maximum atomic E-state index is 10.5. The van der Waals surface area contributed by atoms with Crippen LogP contribution in [-0.2, 0) is 0 Å². The Morgan fingerprint density at radius 1 is 1.46 bits per heavy atom. The quantitative estimate of drug-likeness (QED) is 0.535. The lowest BCUT2D eigenvalue weighted by Gasteiger charge is -1.92. The van der Waals surface area contributed by atoms with E-state index in [-0.39, 0.29) is 5.69 Å². The van der Waals surface area contributed by atoms with Crippen LogP contribution >= 0.6 is 11.3 Å². The van der Waals surface area contributed by atoms with Gasteiger partial charge in [-0.2, -0.15) is 10.2 Å². The van der Waals surface area contributed by atoms with Gasteiger partial charge in [-0.25, -0.2) is 0 Å². The van der Waals surface area contributed by atoms with Crippen LogP contribution < -0.4 is 0 Å². The number of thiophene rings is 1. The summed E-state index contributed by atoms with van der Waals surface area (Å²) in [6.07, 6.45) is 2.95. The van der Waals surface area contributed by atoms with Gasteiger partial charge in [-0.3, -0.25) is 10.1 Å². The third kappa shape index (κ3) is 1.29. The van der Waals surface area contributed by atoms with E-state index in [0.29, 0.717) is 5.00 Å². The van der Waals surface area contributed by atoms with Crippen molar-refractivity contribution >= 4 is 17.0 Å². The van der Waals surface area contributed by atoms with Crippen molar-refractivity contribution in [3.63, 3.8) is 0 Å². The Hall–Kier alpha value is -1.76. The van der Waals surface area contributed by atoms with E-state index in [4.69, 9.17) is 0 Å². The fraction of sp³-hybridized carbons (Fsp3) is 0. The zero-order chi connectivity index (χ0) is 9.26. The van der Waals surface area contributed by atoms with E-state index >= 15 is 0 Å². The second-order valence-electron chi connectivity index (χ2n) is 2.19. The van der Waals surface area contributed by atoms with Crippen molar-refractivity contribution in [3.05, 3.63) is 34.0 Å². The lowest BCUT2D eigenvalue weighted by atomic mass is 10.5. The Kier molecular flexibility index (Phi) is 1.78. The van der Waals surface area contributed by atoms with Crippen molar-refractivity contribution in [1.29, 1.82) is 0 Å². The van der Waals surface area contributed by atoms with E-state index in [9.17, 15) is 10.1 Å². The third-order valence-corrected chi connectivity index (χ3v) is 2.29. The van der Waals surface area contributed by atoms with Crippen molar-refractivity contribution in [3.8, 4) is 5.00 Å². The van der Waals surface area contributed by atoms with E-state index < -0.39 is 4.92 Å². The summed E-state index contributed by atoms with van der Waals surface area (Å²) in [5, 5.41) is 20.2. The molecule has 13 heavy (non-hydrogen) atoms. The maximum Gasteiger partial charge on any atom is 0.307 e. The van der Waals surface area contributed by atoms with Gasteiger partial charge in [0, 0.05) is 11.4 Å². The number of hydrogen-bond donors (Lipinski definition) is 0. The topological polar surface area (TPSA) is 73.8 Å². The largest absolute Gasteiger partial charge is 0.307 e.